The maximum atomic E-state index is 2.53. The maximum Gasteiger partial charge on any atom is -0.0172 e. The molecule has 0 heterocycles. The molecule has 0 amide bonds. The highest BCUT2D eigenvalue weighted by atomic mass is 14.3. The van der Waals surface area contributed by atoms with E-state index < -0.39 is 0 Å². The largest absolute Gasteiger partial charge is 0.0799 e. The van der Waals surface area contributed by atoms with Crippen LogP contribution in [0.4, 0.5) is 0 Å². The first-order chi connectivity index (χ1) is 7.94. The zero-order valence-electron chi connectivity index (χ0n) is 12.7. The molecule has 0 saturated heterocycles. The van der Waals surface area contributed by atoms with Crippen LogP contribution in [0.2, 0.25) is 0 Å². The van der Waals surface area contributed by atoms with Crippen molar-refractivity contribution >= 4 is 0 Å². The van der Waals surface area contributed by atoms with Crippen molar-refractivity contribution in [1.82, 2.24) is 0 Å². The summed E-state index contributed by atoms with van der Waals surface area (Å²) in [5.74, 6) is 1.89. The Morgan fingerprint density at radius 2 is 1.94 bits per heavy atom. The van der Waals surface area contributed by atoms with E-state index in [0.29, 0.717) is 5.41 Å². The van der Waals surface area contributed by atoms with E-state index in [1.54, 1.807) is 5.57 Å². The third-order valence-electron chi connectivity index (χ3n) is 4.59. The molecule has 0 bridgehead atoms. The molecule has 2 atom stereocenters. The van der Waals surface area contributed by atoms with Crippen LogP contribution in [0.1, 0.15) is 79.6 Å². The highest BCUT2D eigenvalue weighted by Crippen LogP contribution is 2.33. The van der Waals surface area contributed by atoms with Crippen LogP contribution in [0, 0.1) is 17.3 Å². The van der Waals surface area contributed by atoms with Crippen LogP contribution in [0.3, 0.4) is 0 Å². The molecular weight excluding hydrogens is 204 g/mol. The monoisotopic (exact) mass is 236 g/mol. The van der Waals surface area contributed by atoms with Crippen molar-refractivity contribution in [3.8, 4) is 0 Å². The highest BCUT2D eigenvalue weighted by molar-refractivity contribution is 5.05. The first kappa shape index (κ1) is 14.8. The standard InChI is InChI=1S/C17H32/c1-6-16-11-8-12-17(4,5)13-14(2)9-7-10-15(16)3/h13,15-16H,6-12H2,1-5H3. The van der Waals surface area contributed by atoms with Gasteiger partial charge in [0.2, 0.25) is 0 Å². The molecule has 0 fully saturated rings. The van der Waals surface area contributed by atoms with E-state index in [1.165, 1.54) is 44.9 Å². The summed E-state index contributed by atoms with van der Waals surface area (Å²) in [4.78, 5) is 0. The Balaban J connectivity index is 2.68. The molecule has 1 aliphatic rings. The normalized spacial score (nSPS) is 31.5. The Morgan fingerprint density at radius 3 is 2.59 bits per heavy atom. The molecule has 0 heteroatoms. The Kier molecular flexibility index (Phi) is 5.76. The zero-order valence-corrected chi connectivity index (χ0v) is 12.7. The lowest BCUT2D eigenvalue weighted by Gasteiger charge is -2.24. The van der Waals surface area contributed by atoms with Crippen molar-refractivity contribution in [2.24, 2.45) is 17.3 Å². The smallest absolute Gasteiger partial charge is 0.0172 e. The predicted octanol–water partition coefficient (Wildman–Crippen LogP) is 5.98. The number of allylic oxidation sites excluding steroid dienone is 2. The lowest BCUT2D eigenvalue weighted by Crippen LogP contribution is -2.12. The van der Waals surface area contributed by atoms with Crippen molar-refractivity contribution in [1.29, 1.82) is 0 Å². The molecule has 0 N–H and O–H groups in total. The molecule has 0 aromatic rings. The zero-order chi connectivity index (χ0) is 12.9. The first-order valence-corrected chi connectivity index (χ1v) is 7.63. The summed E-state index contributed by atoms with van der Waals surface area (Å²) < 4.78 is 0. The fourth-order valence-electron chi connectivity index (χ4n) is 3.46. The fraction of sp³-hybridized carbons (Fsp3) is 0.882. The molecule has 1 aliphatic carbocycles. The van der Waals surface area contributed by atoms with Crippen molar-refractivity contribution in [2.45, 2.75) is 79.6 Å². The van der Waals surface area contributed by atoms with Crippen LogP contribution in [-0.4, -0.2) is 0 Å². The third-order valence-corrected chi connectivity index (χ3v) is 4.59. The summed E-state index contributed by atoms with van der Waals surface area (Å²) in [6, 6.07) is 0. The van der Waals surface area contributed by atoms with Gasteiger partial charge in [-0.2, -0.15) is 0 Å². The Bertz CT molecular complexity index is 247. The molecule has 1 rings (SSSR count). The average molecular weight is 236 g/mol. The Labute approximate surface area is 109 Å². The molecular formula is C17H32. The second kappa shape index (κ2) is 6.61. The van der Waals surface area contributed by atoms with Crippen LogP contribution < -0.4 is 0 Å². The van der Waals surface area contributed by atoms with Gasteiger partial charge in [-0.25, -0.2) is 0 Å². The second-order valence-electron chi connectivity index (χ2n) is 6.91. The molecule has 0 saturated carbocycles. The van der Waals surface area contributed by atoms with E-state index in [-0.39, 0.29) is 0 Å². The first-order valence-electron chi connectivity index (χ1n) is 7.63. The van der Waals surface area contributed by atoms with E-state index in [4.69, 9.17) is 0 Å². The van der Waals surface area contributed by atoms with Gasteiger partial charge in [-0.15, -0.1) is 0 Å². The Hall–Kier alpha value is -0.260. The summed E-state index contributed by atoms with van der Waals surface area (Å²) in [6.07, 6.45) is 12.2. The fourth-order valence-corrected chi connectivity index (χ4v) is 3.46. The lowest BCUT2D eigenvalue weighted by molar-refractivity contribution is 0.283. The van der Waals surface area contributed by atoms with Gasteiger partial charge in [0.05, 0.1) is 0 Å². The van der Waals surface area contributed by atoms with Crippen molar-refractivity contribution in [3.05, 3.63) is 11.6 Å². The van der Waals surface area contributed by atoms with Gasteiger partial charge in [-0.3, -0.25) is 0 Å². The quantitative estimate of drug-likeness (QED) is 0.492. The molecule has 0 aliphatic heterocycles. The predicted molar refractivity (Wildman–Crippen MR) is 78.2 cm³/mol. The summed E-state index contributed by atoms with van der Waals surface area (Å²) in [5, 5.41) is 0. The Morgan fingerprint density at radius 1 is 1.24 bits per heavy atom. The summed E-state index contributed by atoms with van der Waals surface area (Å²) in [6.45, 7) is 12.0. The van der Waals surface area contributed by atoms with Gasteiger partial charge in [0.15, 0.2) is 0 Å². The molecule has 17 heavy (non-hydrogen) atoms. The van der Waals surface area contributed by atoms with Crippen molar-refractivity contribution < 1.29 is 0 Å². The van der Waals surface area contributed by atoms with Crippen LogP contribution in [0.5, 0.6) is 0 Å². The minimum Gasteiger partial charge on any atom is -0.0799 e. The minimum atomic E-state index is 0.413. The molecule has 2 unspecified atom stereocenters. The molecule has 0 aromatic carbocycles. The van der Waals surface area contributed by atoms with Gasteiger partial charge < -0.3 is 0 Å². The van der Waals surface area contributed by atoms with E-state index >= 15 is 0 Å². The molecule has 0 radical (unpaired) electrons. The number of hydrogen-bond acceptors (Lipinski definition) is 0. The summed E-state index contributed by atoms with van der Waals surface area (Å²) in [5.41, 5.74) is 2.02. The van der Waals surface area contributed by atoms with Gasteiger partial charge in [0.1, 0.15) is 0 Å². The minimum absolute atomic E-state index is 0.413. The van der Waals surface area contributed by atoms with Gasteiger partial charge >= 0.3 is 0 Å². The van der Waals surface area contributed by atoms with E-state index in [0.717, 1.165) is 11.8 Å². The van der Waals surface area contributed by atoms with E-state index in [2.05, 4.69) is 40.7 Å². The van der Waals surface area contributed by atoms with Crippen molar-refractivity contribution in [3.63, 3.8) is 0 Å². The third kappa shape index (κ3) is 5.27. The summed E-state index contributed by atoms with van der Waals surface area (Å²) >= 11 is 0. The lowest BCUT2D eigenvalue weighted by atomic mass is 9.81. The SMILES string of the molecule is CCC1CCCC(C)(C)C=C(C)CCCC1C. The van der Waals surface area contributed by atoms with Gasteiger partial charge in [0.25, 0.3) is 0 Å². The molecule has 0 aromatic heterocycles. The van der Waals surface area contributed by atoms with Crippen LogP contribution in [0.15, 0.2) is 11.6 Å². The van der Waals surface area contributed by atoms with E-state index in [1.807, 2.05) is 0 Å². The molecule has 100 valence electrons. The van der Waals surface area contributed by atoms with Crippen LogP contribution in [-0.2, 0) is 0 Å². The van der Waals surface area contributed by atoms with Crippen LogP contribution >= 0.6 is 0 Å². The molecule has 0 nitrogen and oxygen atoms in total. The maximum absolute atomic E-state index is 2.53. The second-order valence-corrected chi connectivity index (χ2v) is 6.91. The van der Waals surface area contributed by atoms with E-state index in [9.17, 15) is 0 Å². The number of hydrogen-bond donors (Lipinski definition) is 0. The molecule has 0 spiro atoms. The average Bonchev–Trinajstić information content (AvgIpc) is 2.24. The number of rotatable bonds is 1. The highest BCUT2D eigenvalue weighted by Gasteiger charge is 2.20. The van der Waals surface area contributed by atoms with Gasteiger partial charge in [0, 0.05) is 0 Å². The van der Waals surface area contributed by atoms with Gasteiger partial charge in [-0.05, 0) is 43.4 Å². The van der Waals surface area contributed by atoms with Crippen LogP contribution in [0.25, 0.3) is 0 Å². The van der Waals surface area contributed by atoms with Crippen molar-refractivity contribution in [2.75, 3.05) is 0 Å². The summed E-state index contributed by atoms with van der Waals surface area (Å²) in [7, 11) is 0. The topological polar surface area (TPSA) is 0 Å². The van der Waals surface area contributed by atoms with Gasteiger partial charge in [-0.1, -0.05) is 65.0 Å².